The summed E-state index contributed by atoms with van der Waals surface area (Å²) in [4.78, 5) is 0. The summed E-state index contributed by atoms with van der Waals surface area (Å²) < 4.78 is 18.2. The van der Waals surface area contributed by atoms with Gasteiger partial charge in [-0.1, -0.05) is 68.3 Å². The Morgan fingerprint density at radius 1 is 0.933 bits per heavy atom. The Bertz CT molecular complexity index is 252. The molecule has 3 heteroatoms. The van der Waals surface area contributed by atoms with Crippen molar-refractivity contribution < 1.29 is 14.2 Å². The molecule has 0 spiro atoms. The summed E-state index contributed by atoms with van der Waals surface area (Å²) in [6.07, 6.45) is 5.11. The third-order valence-electron chi connectivity index (χ3n) is 1.20. The molecule has 0 fully saturated rings. The van der Waals surface area contributed by atoms with E-state index in [1.54, 1.807) is 12.2 Å². The highest BCUT2D eigenvalue weighted by Crippen LogP contribution is 1.97. The van der Waals surface area contributed by atoms with Crippen LogP contribution in [0.5, 0.6) is 0 Å². The molecule has 0 N–H and O–H groups in total. The minimum atomic E-state index is 1.17. The number of benzene rings is 1. The average Bonchev–Trinajstić information content (AvgIpc) is 2.31. The Labute approximate surface area is 88.8 Å². The molecule has 0 saturated heterocycles. The number of hydrogen-bond donors (Lipinski definition) is 0. The van der Waals surface area contributed by atoms with Gasteiger partial charge in [0.1, 0.15) is 0 Å². The lowest BCUT2D eigenvalue weighted by atomic mass is 10.2. The molecule has 0 aliphatic carbocycles. The van der Waals surface area contributed by atoms with Crippen molar-refractivity contribution in [3.8, 4) is 0 Å². The first-order valence-electron chi connectivity index (χ1n) is 4.07. The molecule has 0 aromatic heterocycles. The number of rotatable bonds is 2. The van der Waals surface area contributed by atoms with Crippen LogP contribution in [0.2, 0.25) is 0 Å². The van der Waals surface area contributed by atoms with Crippen LogP contribution in [-0.2, 0) is 5.15 Å². The summed E-state index contributed by atoms with van der Waals surface area (Å²) in [7, 11) is 0. The van der Waals surface area contributed by atoms with Crippen LogP contribution >= 0.6 is 0 Å². The molecule has 82 valence electrons. The molecule has 0 bridgehead atoms. The van der Waals surface area contributed by atoms with Crippen molar-refractivity contribution in [2.45, 2.75) is 0 Å². The summed E-state index contributed by atoms with van der Waals surface area (Å²) >= 11 is 0. The van der Waals surface area contributed by atoms with Crippen LogP contribution < -0.4 is 0 Å². The highest BCUT2D eigenvalue weighted by atomic mass is 19.6. The second kappa shape index (κ2) is 14.8. The average molecular weight is 212 g/mol. The van der Waals surface area contributed by atoms with Gasteiger partial charge in [0.2, 0.25) is 0 Å². The minimum absolute atomic E-state index is 1.17. The monoisotopic (exact) mass is 212 g/mol. The second-order valence-electron chi connectivity index (χ2n) is 2.14. The van der Waals surface area contributed by atoms with Crippen molar-refractivity contribution in [2.75, 3.05) is 0 Å². The smallest absolute Gasteiger partial charge is 0.0209 e. The van der Waals surface area contributed by atoms with Gasteiger partial charge in [-0.15, -0.1) is 0 Å². The van der Waals surface area contributed by atoms with Crippen LogP contribution in [-0.4, -0.2) is 0 Å². The summed E-state index contributed by atoms with van der Waals surface area (Å²) in [6.45, 7) is 10.4. The molecule has 1 aromatic carbocycles. The SMILES string of the molecule is C=CC=C.C=Cc1ccccc1.FOF. The maximum atomic E-state index is 9.12. The van der Waals surface area contributed by atoms with E-state index >= 15 is 0 Å². The Morgan fingerprint density at radius 2 is 1.33 bits per heavy atom. The molecule has 0 atom stereocenters. The van der Waals surface area contributed by atoms with Crippen molar-refractivity contribution in [3.05, 3.63) is 67.8 Å². The van der Waals surface area contributed by atoms with E-state index in [1.165, 1.54) is 10.7 Å². The predicted octanol–water partition coefficient (Wildman–Crippen LogP) is 4.46. The van der Waals surface area contributed by atoms with Crippen molar-refractivity contribution in [2.24, 2.45) is 0 Å². The van der Waals surface area contributed by atoms with Crippen LogP contribution in [0.4, 0.5) is 9.05 Å². The van der Waals surface area contributed by atoms with E-state index in [9.17, 15) is 0 Å². The van der Waals surface area contributed by atoms with E-state index in [4.69, 9.17) is 9.05 Å². The maximum absolute atomic E-state index is 9.12. The van der Waals surface area contributed by atoms with Gasteiger partial charge < -0.3 is 0 Å². The highest BCUT2D eigenvalue weighted by Gasteiger charge is 1.75. The normalized spacial score (nSPS) is 7.07. The Hall–Kier alpha value is -1.74. The number of halogens is 2. The molecule has 15 heavy (non-hydrogen) atoms. The van der Waals surface area contributed by atoms with Gasteiger partial charge in [0.05, 0.1) is 0 Å². The van der Waals surface area contributed by atoms with E-state index in [-0.39, 0.29) is 0 Å². The largest absolute Gasteiger partial charge is 0.0991 e. The third-order valence-corrected chi connectivity index (χ3v) is 1.20. The lowest BCUT2D eigenvalue weighted by molar-refractivity contribution is -0.317. The van der Waals surface area contributed by atoms with E-state index in [1.807, 2.05) is 36.4 Å². The van der Waals surface area contributed by atoms with Crippen LogP contribution in [0, 0.1) is 0 Å². The quantitative estimate of drug-likeness (QED) is 0.657. The van der Waals surface area contributed by atoms with Crippen molar-refractivity contribution in [1.29, 1.82) is 0 Å². The fourth-order valence-corrected chi connectivity index (χ4v) is 0.589. The third kappa shape index (κ3) is 15.1. The van der Waals surface area contributed by atoms with Gasteiger partial charge in [0.15, 0.2) is 0 Å². The highest BCUT2D eigenvalue weighted by molar-refractivity contribution is 5.45. The zero-order chi connectivity index (χ0) is 11.9. The predicted molar refractivity (Wildman–Crippen MR) is 60.2 cm³/mol. The standard InChI is InChI=1S/C8H8.C4H6.F2O/c1-2-8-6-4-3-5-7-8;1-3-4-2;1-3-2/h2-7H,1H2;3-4H,1-2H2;. The lowest BCUT2D eigenvalue weighted by Crippen LogP contribution is -1.63. The molecule has 0 aliphatic rings. The van der Waals surface area contributed by atoms with Gasteiger partial charge >= 0.3 is 0 Å². The zero-order valence-corrected chi connectivity index (χ0v) is 8.40. The van der Waals surface area contributed by atoms with Gasteiger partial charge in [-0.3, -0.25) is 0 Å². The summed E-state index contributed by atoms with van der Waals surface area (Å²) in [5, 5.41) is 1.25. The molecule has 1 aromatic rings. The molecule has 1 nitrogen and oxygen atoms in total. The number of allylic oxidation sites excluding steroid dienone is 2. The van der Waals surface area contributed by atoms with E-state index in [0.717, 1.165) is 0 Å². The van der Waals surface area contributed by atoms with Crippen molar-refractivity contribution in [1.82, 2.24) is 0 Å². The molecule has 0 saturated carbocycles. The van der Waals surface area contributed by atoms with Crippen LogP contribution in [0.1, 0.15) is 5.56 Å². The molecule has 1 rings (SSSR count). The van der Waals surface area contributed by atoms with Crippen molar-refractivity contribution >= 4 is 6.08 Å². The van der Waals surface area contributed by atoms with Gasteiger partial charge in [0.25, 0.3) is 0 Å². The molecular formula is C12H14F2O. The van der Waals surface area contributed by atoms with Crippen LogP contribution in [0.25, 0.3) is 6.08 Å². The molecular weight excluding hydrogens is 198 g/mol. The fraction of sp³-hybridized carbons (Fsp3) is 0. The van der Waals surface area contributed by atoms with Crippen molar-refractivity contribution in [3.63, 3.8) is 0 Å². The van der Waals surface area contributed by atoms with Gasteiger partial charge in [-0.2, -0.15) is 0 Å². The molecule has 0 radical (unpaired) electrons. The molecule has 0 heterocycles. The van der Waals surface area contributed by atoms with E-state index in [2.05, 4.69) is 19.7 Å². The summed E-state index contributed by atoms with van der Waals surface area (Å²) in [5.41, 5.74) is 1.17. The molecule has 0 amide bonds. The van der Waals surface area contributed by atoms with Crippen LogP contribution in [0.3, 0.4) is 0 Å². The second-order valence-corrected chi connectivity index (χ2v) is 2.14. The first-order valence-corrected chi connectivity index (χ1v) is 4.07. The van der Waals surface area contributed by atoms with E-state index in [0.29, 0.717) is 0 Å². The zero-order valence-electron chi connectivity index (χ0n) is 8.40. The van der Waals surface area contributed by atoms with Gasteiger partial charge in [-0.25, -0.2) is 0 Å². The Kier molecular flexibility index (Phi) is 15.5. The number of hydrogen-bond acceptors (Lipinski definition) is 1. The molecule has 0 unspecified atom stereocenters. The molecule has 0 aliphatic heterocycles. The van der Waals surface area contributed by atoms with Gasteiger partial charge in [-0.05, 0) is 14.6 Å². The van der Waals surface area contributed by atoms with E-state index < -0.39 is 0 Å². The first-order chi connectivity index (χ1) is 7.26. The lowest BCUT2D eigenvalue weighted by Gasteiger charge is -1.85. The summed E-state index contributed by atoms with van der Waals surface area (Å²) in [6, 6.07) is 10.0. The van der Waals surface area contributed by atoms with Crippen LogP contribution in [0.15, 0.2) is 62.2 Å². The fourth-order valence-electron chi connectivity index (χ4n) is 0.589. The maximum Gasteiger partial charge on any atom is 0.0209 e. The summed E-state index contributed by atoms with van der Waals surface area (Å²) in [5.74, 6) is 0. The van der Waals surface area contributed by atoms with Gasteiger partial charge in [0, 0.05) is 5.15 Å². The Balaban J connectivity index is 0. The topological polar surface area (TPSA) is 9.23 Å². The minimum Gasteiger partial charge on any atom is -0.0991 e. The Morgan fingerprint density at radius 3 is 1.53 bits per heavy atom. The first kappa shape index (κ1) is 15.7.